The number of benzene rings is 1. The van der Waals surface area contributed by atoms with Gasteiger partial charge in [-0.3, -0.25) is 4.79 Å². The Kier molecular flexibility index (Phi) is 5.57. The lowest BCUT2D eigenvalue weighted by atomic mass is 10.1. The summed E-state index contributed by atoms with van der Waals surface area (Å²) in [5.74, 6) is 1.48. The van der Waals surface area contributed by atoms with E-state index >= 15 is 0 Å². The maximum Gasteiger partial charge on any atom is 0.257 e. The van der Waals surface area contributed by atoms with Crippen LogP contribution in [0.1, 0.15) is 10.4 Å². The molecule has 3 heterocycles. The predicted molar refractivity (Wildman–Crippen MR) is 111 cm³/mol. The van der Waals surface area contributed by atoms with E-state index in [0.717, 1.165) is 22.8 Å². The fourth-order valence-corrected chi connectivity index (χ4v) is 3.48. The summed E-state index contributed by atoms with van der Waals surface area (Å²) in [6.07, 6.45) is 1.57. The molecule has 1 aromatic carbocycles. The summed E-state index contributed by atoms with van der Waals surface area (Å²) in [5.41, 5.74) is 2.17. The van der Waals surface area contributed by atoms with Crippen molar-refractivity contribution in [3.8, 4) is 17.0 Å². The molecule has 0 aliphatic carbocycles. The molecule has 1 aliphatic rings. The van der Waals surface area contributed by atoms with Crippen LogP contribution in [0.2, 0.25) is 5.15 Å². The van der Waals surface area contributed by atoms with Crippen LogP contribution in [0.5, 0.6) is 5.75 Å². The molecule has 2 aromatic heterocycles. The first-order chi connectivity index (χ1) is 14.2. The first-order valence-corrected chi connectivity index (χ1v) is 9.66. The van der Waals surface area contributed by atoms with Gasteiger partial charge in [-0.1, -0.05) is 23.7 Å². The molecule has 0 saturated carbocycles. The number of amides is 1. The van der Waals surface area contributed by atoms with Crippen molar-refractivity contribution >= 4 is 23.3 Å². The summed E-state index contributed by atoms with van der Waals surface area (Å²) in [7, 11) is 1.64. The molecule has 1 fully saturated rings. The van der Waals surface area contributed by atoms with Gasteiger partial charge in [-0.25, -0.2) is 4.98 Å². The van der Waals surface area contributed by atoms with Crippen LogP contribution < -0.4 is 9.64 Å². The number of halogens is 1. The molecule has 8 heteroatoms. The number of aromatic nitrogens is 3. The minimum absolute atomic E-state index is 0.0952. The molecule has 1 amide bonds. The largest absolute Gasteiger partial charge is 0.497 e. The topological polar surface area (TPSA) is 71.5 Å². The van der Waals surface area contributed by atoms with Gasteiger partial charge in [0, 0.05) is 37.9 Å². The van der Waals surface area contributed by atoms with Crippen LogP contribution in [0.15, 0.2) is 54.7 Å². The average Bonchev–Trinajstić information content (AvgIpc) is 2.79. The van der Waals surface area contributed by atoms with E-state index in [1.54, 1.807) is 30.3 Å². The third-order valence-corrected chi connectivity index (χ3v) is 5.20. The van der Waals surface area contributed by atoms with E-state index in [1.165, 1.54) is 0 Å². The molecule has 0 unspecified atom stereocenters. The van der Waals surface area contributed by atoms with E-state index in [4.69, 9.17) is 16.3 Å². The van der Waals surface area contributed by atoms with Gasteiger partial charge < -0.3 is 14.5 Å². The highest BCUT2D eigenvalue weighted by Crippen LogP contribution is 2.23. The number of hydrogen-bond donors (Lipinski definition) is 0. The van der Waals surface area contributed by atoms with Gasteiger partial charge in [0.1, 0.15) is 10.9 Å². The number of ether oxygens (including phenoxy) is 1. The van der Waals surface area contributed by atoms with E-state index in [2.05, 4.69) is 20.1 Å². The van der Waals surface area contributed by atoms with Crippen molar-refractivity contribution in [1.82, 2.24) is 20.1 Å². The van der Waals surface area contributed by atoms with Crippen molar-refractivity contribution in [3.63, 3.8) is 0 Å². The van der Waals surface area contributed by atoms with Crippen LogP contribution in [0, 0.1) is 0 Å². The maximum absolute atomic E-state index is 12.7. The van der Waals surface area contributed by atoms with Gasteiger partial charge >= 0.3 is 0 Å². The Morgan fingerprint density at radius 3 is 2.55 bits per heavy atom. The van der Waals surface area contributed by atoms with Crippen molar-refractivity contribution in [2.24, 2.45) is 0 Å². The zero-order valence-corrected chi connectivity index (χ0v) is 16.7. The molecule has 1 saturated heterocycles. The fraction of sp³-hybridized carbons (Fsp3) is 0.238. The number of piperazine rings is 1. The average molecular weight is 410 g/mol. The van der Waals surface area contributed by atoms with Crippen LogP contribution in [0.25, 0.3) is 11.3 Å². The Balaban J connectivity index is 1.41. The zero-order valence-electron chi connectivity index (χ0n) is 16.0. The summed E-state index contributed by atoms with van der Waals surface area (Å²) in [6, 6.07) is 15.0. The van der Waals surface area contributed by atoms with Crippen molar-refractivity contribution < 1.29 is 9.53 Å². The molecule has 1 aliphatic heterocycles. The highest BCUT2D eigenvalue weighted by atomic mass is 35.5. The quantitative estimate of drug-likeness (QED) is 0.616. The maximum atomic E-state index is 12.7. The van der Waals surface area contributed by atoms with Crippen molar-refractivity contribution in [1.29, 1.82) is 0 Å². The van der Waals surface area contributed by atoms with Crippen LogP contribution in [-0.2, 0) is 0 Å². The lowest BCUT2D eigenvalue weighted by Gasteiger charge is -2.35. The molecule has 7 nitrogen and oxygen atoms in total. The molecular formula is C21H20ClN5O2. The van der Waals surface area contributed by atoms with Crippen LogP contribution >= 0.6 is 11.6 Å². The minimum atomic E-state index is -0.0952. The van der Waals surface area contributed by atoms with Gasteiger partial charge in [0.15, 0.2) is 5.82 Å². The summed E-state index contributed by atoms with van der Waals surface area (Å²) in [4.78, 5) is 20.6. The monoisotopic (exact) mass is 409 g/mol. The minimum Gasteiger partial charge on any atom is -0.497 e. The molecule has 0 atom stereocenters. The van der Waals surface area contributed by atoms with Gasteiger partial charge in [-0.05, 0) is 36.4 Å². The molecular weight excluding hydrogens is 390 g/mol. The van der Waals surface area contributed by atoms with Crippen molar-refractivity contribution in [3.05, 3.63) is 65.4 Å². The second-order valence-electron chi connectivity index (χ2n) is 6.63. The number of methoxy groups -OCH3 is 1. The Bertz CT molecular complexity index is 1000. The van der Waals surface area contributed by atoms with Gasteiger partial charge in [0.25, 0.3) is 5.91 Å². The number of hydrogen-bond acceptors (Lipinski definition) is 6. The molecule has 148 valence electrons. The first kappa shape index (κ1) is 19.1. The number of rotatable bonds is 4. The van der Waals surface area contributed by atoms with E-state index in [9.17, 15) is 4.79 Å². The second kappa shape index (κ2) is 8.45. The highest BCUT2D eigenvalue weighted by molar-refractivity contribution is 6.32. The molecule has 0 radical (unpaired) electrons. The zero-order chi connectivity index (χ0) is 20.2. The fourth-order valence-electron chi connectivity index (χ4n) is 3.28. The smallest absolute Gasteiger partial charge is 0.257 e. The molecule has 0 bridgehead atoms. The van der Waals surface area contributed by atoms with Gasteiger partial charge in [0.05, 0.1) is 18.4 Å². The summed E-state index contributed by atoms with van der Waals surface area (Å²) in [6.45, 7) is 2.53. The lowest BCUT2D eigenvalue weighted by molar-refractivity contribution is 0.0746. The number of carbonyl (C=O) groups excluding carboxylic acids is 1. The highest BCUT2D eigenvalue weighted by Gasteiger charge is 2.24. The molecule has 0 spiro atoms. The first-order valence-electron chi connectivity index (χ1n) is 9.28. The summed E-state index contributed by atoms with van der Waals surface area (Å²) in [5, 5.41) is 8.97. The lowest BCUT2D eigenvalue weighted by Crippen LogP contribution is -2.49. The van der Waals surface area contributed by atoms with Crippen LogP contribution in [0.3, 0.4) is 0 Å². The Morgan fingerprint density at radius 1 is 1.03 bits per heavy atom. The van der Waals surface area contributed by atoms with Gasteiger partial charge in [-0.15, -0.1) is 10.2 Å². The summed E-state index contributed by atoms with van der Waals surface area (Å²) >= 11 is 6.05. The molecule has 3 aromatic rings. The molecule has 29 heavy (non-hydrogen) atoms. The van der Waals surface area contributed by atoms with E-state index in [-0.39, 0.29) is 11.1 Å². The SMILES string of the molecule is COc1cccc(-c2ccc(N3CCN(C(=O)c4cccnc4Cl)CC3)nn2)c1. The van der Waals surface area contributed by atoms with Crippen molar-refractivity contribution in [2.45, 2.75) is 0 Å². The van der Waals surface area contributed by atoms with Gasteiger partial charge in [-0.2, -0.15) is 0 Å². The van der Waals surface area contributed by atoms with Crippen molar-refractivity contribution in [2.75, 3.05) is 38.2 Å². The molecule has 4 rings (SSSR count). The third-order valence-electron chi connectivity index (χ3n) is 4.90. The predicted octanol–water partition coefficient (Wildman–Crippen LogP) is 3.16. The number of anilines is 1. The number of carbonyl (C=O) groups is 1. The van der Waals surface area contributed by atoms with E-state index < -0.39 is 0 Å². The normalized spacial score (nSPS) is 14.0. The van der Waals surface area contributed by atoms with Gasteiger partial charge in [0.2, 0.25) is 0 Å². The number of pyridine rings is 1. The standard InChI is InChI=1S/C21H20ClN5O2/c1-29-16-5-2-4-15(14-16)18-7-8-19(25-24-18)26-10-12-27(13-11-26)21(28)17-6-3-9-23-20(17)22/h2-9,14H,10-13H2,1H3. The van der Waals surface area contributed by atoms with E-state index in [0.29, 0.717) is 31.7 Å². The van der Waals surface area contributed by atoms with Crippen LogP contribution in [-0.4, -0.2) is 59.3 Å². The molecule has 0 N–H and O–H groups in total. The van der Waals surface area contributed by atoms with E-state index in [1.807, 2.05) is 36.4 Å². The Morgan fingerprint density at radius 2 is 1.86 bits per heavy atom. The summed E-state index contributed by atoms with van der Waals surface area (Å²) < 4.78 is 5.26. The Hall–Kier alpha value is -3.19. The Labute approximate surface area is 173 Å². The third kappa shape index (κ3) is 4.14. The number of nitrogens with zero attached hydrogens (tertiary/aromatic N) is 5. The second-order valence-corrected chi connectivity index (χ2v) is 6.99. The van der Waals surface area contributed by atoms with Crippen LogP contribution in [0.4, 0.5) is 5.82 Å².